The van der Waals surface area contributed by atoms with Crippen LogP contribution in [0.15, 0.2) is 60.8 Å². The molecular weight excluding hydrogens is 448 g/mol. The van der Waals surface area contributed by atoms with E-state index in [-0.39, 0.29) is 11.9 Å². The number of nitrogens with zero attached hydrogens (tertiary/aromatic N) is 3. The van der Waals surface area contributed by atoms with Gasteiger partial charge in [0.1, 0.15) is 0 Å². The molecule has 0 saturated carbocycles. The van der Waals surface area contributed by atoms with E-state index in [0.717, 1.165) is 11.3 Å². The number of carbonyl (C=O) groups excluding carboxylic acids is 1. The third-order valence-corrected chi connectivity index (χ3v) is 5.66. The largest absolute Gasteiger partial charge is 0.493 e. The summed E-state index contributed by atoms with van der Waals surface area (Å²) in [5, 5.41) is 11.5. The molecule has 1 aliphatic rings. The number of ether oxygens (including phenoxy) is 3. The molecule has 0 bridgehead atoms. The van der Waals surface area contributed by atoms with Crippen molar-refractivity contribution in [1.82, 2.24) is 19.9 Å². The van der Waals surface area contributed by atoms with E-state index in [1.165, 1.54) is 21.3 Å². The van der Waals surface area contributed by atoms with Crippen LogP contribution >= 0.6 is 0 Å². The van der Waals surface area contributed by atoms with Crippen LogP contribution < -0.4 is 25.0 Å². The molecule has 35 heavy (non-hydrogen) atoms. The average molecular weight is 473 g/mol. The molecule has 2 aromatic carbocycles. The zero-order chi connectivity index (χ0) is 24.4. The van der Waals surface area contributed by atoms with Crippen LogP contribution in [0.1, 0.15) is 27.8 Å². The molecule has 178 valence electrons. The van der Waals surface area contributed by atoms with Gasteiger partial charge >= 0.3 is 0 Å². The lowest BCUT2D eigenvalue weighted by Crippen LogP contribution is -2.24. The smallest absolute Gasteiger partial charge is 0.255 e. The molecule has 3 N–H and O–H groups in total. The predicted octanol–water partition coefficient (Wildman–Crippen LogP) is 3.86. The molecule has 10 heteroatoms. The molecule has 1 atom stereocenters. The van der Waals surface area contributed by atoms with Gasteiger partial charge in [-0.1, -0.05) is 18.2 Å². The fourth-order valence-electron chi connectivity index (χ4n) is 3.95. The fourth-order valence-corrected chi connectivity index (χ4v) is 3.95. The summed E-state index contributed by atoms with van der Waals surface area (Å²) in [6, 6.07) is 14.6. The predicted molar refractivity (Wildman–Crippen MR) is 131 cm³/mol. The molecule has 0 fully saturated rings. The molecule has 2 aromatic heterocycles. The highest BCUT2D eigenvalue weighted by molar-refractivity contribution is 6.05. The number of amides is 1. The lowest BCUT2D eigenvalue weighted by Gasteiger charge is -2.23. The number of aromatic nitrogens is 4. The van der Waals surface area contributed by atoms with Crippen molar-refractivity contribution in [3.05, 3.63) is 77.8 Å². The van der Waals surface area contributed by atoms with Gasteiger partial charge in [0.25, 0.3) is 5.91 Å². The Morgan fingerprint density at radius 3 is 2.49 bits per heavy atom. The molecule has 0 radical (unpaired) electrons. The van der Waals surface area contributed by atoms with Gasteiger partial charge in [0.15, 0.2) is 23.1 Å². The number of hydrogen-bond acceptors (Lipinski definition) is 7. The summed E-state index contributed by atoms with van der Waals surface area (Å²) in [7, 11) is 4.54. The van der Waals surface area contributed by atoms with E-state index in [9.17, 15) is 4.79 Å². The second kappa shape index (κ2) is 9.26. The van der Waals surface area contributed by atoms with E-state index >= 15 is 0 Å². The number of hydrogen-bond donors (Lipinski definition) is 3. The molecular formula is C25H24N6O4. The summed E-state index contributed by atoms with van der Waals surface area (Å²) < 4.78 is 17.9. The lowest BCUT2D eigenvalue weighted by atomic mass is 10.0. The van der Waals surface area contributed by atoms with Crippen molar-refractivity contribution in [3.63, 3.8) is 0 Å². The second-order valence-electron chi connectivity index (χ2n) is 7.76. The highest BCUT2D eigenvalue weighted by Crippen LogP contribution is 2.38. The van der Waals surface area contributed by atoms with E-state index in [1.54, 1.807) is 12.1 Å². The van der Waals surface area contributed by atoms with E-state index in [0.29, 0.717) is 40.1 Å². The van der Waals surface area contributed by atoms with E-state index in [2.05, 4.69) is 25.9 Å². The first-order valence-corrected chi connectivity index (χ1v) is 10.9. The van der Waals surface area contributed by atoms with Gasteiger partial charge in [0.2, 0.25) is 5.75 Å². The Labute approximate surface area is 201 Å². The zero-order valence-electron chi connectivity index (χ0n) is 19.4. The summed E-state index contributed by atoms with van der Waals surface area (Å²) in [5.41, 5.74) is 6.28. The highest BCUT2D eigenvalue weighted by Gasteiger charge is 2.21. The van der Waals surface area contributed by atoms with E-state index in [4.69, 9.17) is 14.2 Å². The molecule has 1 unspecified atom stereocenters. The van der Waals surface area contributed by atoms with Crippen LogP contribution in [0, 0.1) is 0 Å². The van der Waals surface area contributed by atoms with E-state index in [1.807, 2.05) is 59.4 Å². The Kier molecular flexibility index (Phi) is 5.84. The van der Waals surface area contributed by atoms with Gasteiger partial charge in [-0.15, -0.1) is 10.2 Å². The molecule has 1 amide bonds. The van der Waals surface area contributed by atoms with Crippen LogP contribution in [0.4, 0.5) is 5.69 Å². The minimum atomic E-state index is -0.302. The van der Waals surface area contributed by atoms with Gasteiger partial charge < -0.3 is 29.9 Å². The van der Waals surface area contributed by atoms with Gasteiger partial charge in [-0.3, -0.25) is 4.79 Å². The number of nitrogens with one attached hydrogen (secondary N) is 3. The Bertz CT molecular complexity index is 1370. The zero-order valence-corrected chi connectivity index (χ0v) is 19.4. The van der Waals surface area contributed by atoms with Crippen LogP contribution in [0.5, 0.6) is 17.2 Å². The second-order valence-corrected chi connectivity index (χ2v) is 7.76. The molecule has 1 aliphatic heterocycles. The average Bonchev–Trinajstić information content (AvgIpc) is 3.57. The van der Waals surface area contributed by atoms with Crippen molar-refractivity contribution >= 4 is 17.7 Å². The van der Waals surface area contributed by atoms with Crippen LogP contribution in [-0.4, -0.2) is 47.1 Å². The number of anilines is 1. The fraction of sp³-hybridized carbons (Fsp3) is 0.160. The number of fused-ring (bicyclic) bond motifs is 1. The summed E-state index contributed by atoms with van der Waals surface area (Å²) in [5.74, 6) is 2.33. The van der Waals surface area contributed by atoms with Gasteiger partial charge in [0.05, 0.1) is 33.1 Å². The minimum absolute atomic E-state index is 0.148. The Hall–Kier alpha value is -4.73. The molecule has 0 aliphatic carbocycles. The molecule has 10 nitrogen and oxygen atoms in total. The number of aromatic amines is 1. The minimum Gasteiger partial charge on any atom is -0.493 e. The van der Waals surface area contributed by atoms with Crippen LogP contribution in [-0.2, 0) is 0 Å². The molecule has 4 aromatic rings. The van der Waals surface area contributed by atoms with Crippen molar-refractivity contribution in [2.45, 2.75) is 6.04 Å². The third-order valence-electron chi connectivity index (χ3n) is 5.66. The summed E-state index contributed by atoms with van der Waals surface area (Å²) in [6.45, 7) is 0. The van der Waals surface area contributed by atoms with Crippen molar-refractivity contribution in [2.75, 3.05) is 32.1 Å². The SMILES string of the molecule is COc1cc(C(=O)Nc2cccc(C3C=Cc4nnc(-c5ccc[nH]5)n4N3)c2)cc(OC)c1OC. The van der Waals surface area contributed by atoms with Crippen LogP contribution in [0.3, 0.4) is 0 Å². The molecule has 5 rings (SSSR count). The van der Waals surface area contributed by atoms with Crippen molar-refractivity contribution in [3.8, 4) is 28.8 Å². The normalized spacial score (nSPS) is 14.1. The maximum absolute atomic E-state index is 13.0. The highest BCUT2D eigenvalue weighted by atomic mass is 16.5. The summed E-state index contributed by atoms with van der Waals surface area (Å²) in [6.07, 6.45) is 5.76. The number of benzene rings is 2. The van der Waals surface area contributed by atoms with Gasteiger partial charge in [-0.25, -0.2) is 4.68 Å². The Balaban J connectivity index is 1.37. The quantitative estimate of drug-likeness (QED) is 0.374. The van der Waals surface area contributed by atoms with Gasteiger partial charge in [-0.2, -0.15) is 0 Å². The number of methoxy groups -OCH3 is 3. The lowest BCUT2D eigenvalue weighted by molar-refractivity contribution is 0.102. The Morgan fingerprint density at radius 2 is 1.80 bits per heavy atom. The van der Waals surface area contributed by atoms with Crippen LogP contribution in [0.2, 0.25) is 0 Å². The summed E-state index contributed by atoms with van der Waals surface area (Å²) in [4.78, 5) is 16.2. The van der Waals surface area contributed by atoms with Crippen LogP contribution in [0.25, 0.3) is 17.6 Å². The number of carbonyl (C=O) groups is 1. The van der Waals surface area contributed by atoms with Crippen molar-refractivity contribution < 1.29 is 19.0 Å². The Morgan fingerprint density at radius 1 is 1.00 bits per heavy atom. The molecule has 0 saturated heterocycles. The number of H-pyrrole nitrogens is 1. The monoisotopic (exact) mass is 472 g/mol. The first-order chi connectivity index (χ1) is 17.1. The van der Waals surface area contributed by atoms with E-state index < -0.39 is 0 Å². The summed E-state index contributed by atoms with van der Waals surface area (Å²) >= 11 is 0. The number of rotatable bonds is 7. The topological polar surface area (TPSA) is 115 Å². The standard InChI is InChI=1S/C25H24N6O4/c1-33-20-13-16(14-21(34-2)23(20)35-3)25(32)27-17-7-4-6-15(12-17)18-9-10-22-28-29-24(31(22)30-18)19-8-5-11-26-19/h4-14,18,26,30H,1-3H3,(H,27,32). The van der Waals surface area contributed by atoms with Gasteiger partial charge in [-0.05, 0) is 48.0 Å². The van der Waals surface area contributed by atoms with Crippen molar-refractivity contribution in [1.29, 1.82) is 0 Å². The first-order valence-electron chi connectivity index (χ1n) is 10.9. The molecule has 3 heterocycles. The van der Waals surface area contributed by atoms with Gasteiger partial charge in [0, 0.05) is 17.4 Å². The molecule has 0 spiro atoms. The third kappa shape index (κ3) is 4.17. The maximum atomic E-state index is 13.0. The maximum Gasteiger partial charge on any atom is 0.255 e. The van der Waals surface area contributed by atoms with Crippen molar-refractivity contribution in [2.24, 2.45) is 0 Å². The first kappa shape index (κ1) is 22.1.